The number of halogens is 2. The number of nitrogens with one attached hydrogen (secondary N) is 1. The number of nitrogens with two attached hydrogens (primary N) is 1. The van der Waals surface area contributed by atoms with Crippen molar-refractivity contribution in [3.63, 3.8) is 0 Å². The van der Waals surface area contributed by atoms with Crippen LogP contribution in [-0.2, 0) is 11.2 Å². The van der Waals surface area contributed by atoms with E-state index in [1.54, 1.807) is 12.5 Å². The standard InChI is InChI=1S/C18H25N5O2.2ClH/c19-17(12-15-13-20-14-21-15)18(24)23-8-6-22(7-9-23)10-11-25-16-4-2-1-3-5-16;;/h1-5,13-14,17H,6-12,19H2,(H,20,21);2*1H/t17-;;/m0../s1. The summed E-state index contributed by atoms with van der Waals surface area (Å²) in [5, 5.41) is 0. The first-order valence-electron chi connectivity index (χ1n) is 8.64. The predicted octanol–water partition coefficient (Wildman–Crippen LogP) is 1.35. The molecule has 1 atom stereocenters. The van der Waals surface area contributed by atoms with Crippen LogP contribution in [0.1, 0.15) is 5.69 Å². The van der Waals surface area contributed by atoms with Gasteiger partial charge in [0.2, 0.25) is 5.91 Å². The first kappa shape index (κ1) is 23.2. The number of carbonyl (C=O) groups is 1. The molecule has 0 spiro atoms. The van der Waals surface area contributed by atoms with Crippen LogP contribution in [0.4, 0.5) is 0 Å². The van der Waals surface area contributed by atoms with Crippen LogP contribution in [0.3, 0.4) is 0 Å². The van der Waals surface area contributed by atoms with Crippen LogP contribution >= 0.6 is 24.8 Å². The van der Waals surface area contributed by atoms with E-state index in [-0.39, 0.29) is 30.7 Å². The minimum atomic E-state index is -0.520. The summed E-state index contributed by atoms with van der Waals surface area (Å²) in [5.41, 5.74) is 6.93. The second-order valence-corrected chi connectivity index (χ2v) is 6.22. The number of piperazine rings is 1. The summed E-state index contributed by atoms with van der Waals surface area (Å²) in [6, 6.07) is 9.29. The molecule has 1 saturated heterocycles. The molecule has 3 N–H and O–H groups in total. The normalized spacial score (nSPS) is 15.4. The molecule has 0 bridgehead atoms. The van der Waals surface area contributed by atoms with E-state index >= 15 is 0 Å². The molecule has 3 rings (SSSR count). The highest BCUT2D eigenvalue weighted by molar-refractivity contribution is 5.85. The molecule has 1 aliphatic heterocycles. The van der Waals surface area contributed by atoms with Crippen molar-refractivity contribution in [2.45, 2.75) is 12.5 Å². The Balaban J connectivity index is 0.00000182. The van der Waals surface area contributed by atoms with E-state index in [2.05, 4.69) is 14.9 Å². The Labute approximate surface area is 172 Å². The second-order valence-electron chi connectivity index (χ2n) is 6.22. The molecule has 27 heavy (non-hydrogen) atoms. The van der Waals surface area contributed by atoms with Gasteiger partial charge in [0.05, 0.1) is 12.4 Å². The molecule has 7 nitrogen and oxygen atoms in total. The summed E-state index contributed by atoms with van der Waals surface area (Å²) < 4.78 is 5.73. The minimum Gasteiger partial charge on any atom is -0.492 e. The average Bonchev–Trinajstić information content (AvgIpc) is 3.15. The van der Waals surface area contributed by atoms with Gasteiger partial charge in [-0.1, -0.05) is 18.2 Å². The fourth-order valence-electron chi connectivity index (χ4n) is 2.96. The highest BCUT2D eigenvalue weighted by Gasteiger charge is 2.25. The number of hydrogen-bond acceptors (Lipinski definition) is 5. The molecule has 2 aromatic rings. The Morgan fingerprint density at radius 2 is 1.89 bits per heavy atom. The van der Waals surface area contributed by atoms with E-state index < -0.39 is 6.04 Å². The molecule has 1 fully saturated rings. The van der Waals surface area contributed by atoms with Crippen LogP contribution in [-0.4, -0.2) is 71.0 Å². The van der Waals surface area contributed by atoms with Gasteiger partial charge in [-0.05, 0) is 12.1 Å². The molecule has 1 aromatic heterocycles. The predicted molar refractivity (Wildman–Crippen MR) is 110 cm³/mol. The van der Waals surface area contributed by atoms with Crippen LogP contribution in [0.15, 0.2) is 42.9 Å². The Bertz CT molecular complexity index is 649. The van der Waals surface area contributed by atoms with Crippen LogP contribution < -0.4 is 10.5 Å². The Hall–Kier alpha value is -1.80. The van der Waals surface area contributed by atoms with Crippen molar-refractivity contribution in [1.82, 2.24) is 19.8 Å². The van der Waals surface area contributed by atoms with Crippen LogP contribution in [0, 0.1) is 0 Å². The molecule has 9 heteroatoms. The van der Waals surface area contributed by atoms with Gasteiger partial charge < -0.3 is 20.4 Å². The van der Waals surface area contributed by atoms with Gasteiger partial charge in [-0.25, -0.2) is 4.98 Å². The number of carbonyl (C=O) groups excluding carboxylic acids is 1. The van der Waals surface area contributed by atoms with Crippen molar-refractivity contribution < 1.29 is 9.53 Å². The van der Waals surface area contributed by atoms with Crippen molar-refractivity contribution in [1.29, 1.82) is 0 Å². The Morgan fingerprint density at radius 1 is 1.19 bits per heavy atom. The number of H-pyrrole nitrogens is 1. The van der Waals surface area contributed by atoms with Crippen molar-refractivity contribution >= 4 is 30.7 Å². The maximum Gasteiger partial charge on any atom is 0.239 e. The molecule has 1 aliphatic rings. The largest absolute Gasteiger partial charge is 0.492 e. The lowest BCUT2D eigenvalue weighted by molar-refractivity contribution is -0.134. The molecule has 0 saturated carbocycles. The molecule has 2 heterocycles. The number of nitrogens with zero attached hydrogens (tertiary/aromatic N) is 3. The lowest BCUT2D eigenvalue weighted by atomic mass is 10.1. The van der Waals surface area contributed by atoms with Gasteiger partial charge >= 0.3 is 0 Å². The fourth-order valence-corrected chi connectivity index (χ4v) is 2.96. The Kier molecular flexibility index (Phi) is 10.2. The third-order valence-corrected chi connectivity index (χ3v) is 4.42. The smallest absolute Gasteiger partial charge is 0.239 e. The highest BCUT2D eigenvalue weighted by Crippen LogP contribution is 2.09. The third-order valence-electron chi connectivity index (χ3n) is 4.42. The van der Waals surface area contributed by atoms with Gasteiger partial charge in [-0.3, -0.25) is 9.69 Å². The molecule has 150 valence electrons. The maximum atomic E-state index is 12.5. The molecule has 0 radical (unpaired) electrons. The summed E-state index contributed by atoms with van der Waals surface area (Å²) in [6.07, 6.45) is 3.80. The summed E-state index contributed by atoms with van der Waals surface area (Å²) in [4.78, 5) is 23.6. The number of para-hydroxylation sites is 1. The van der Waals surface area contributed by atoms with Gasteiger partial charge in [-0.15, -0.1) is 24.8 Å². The van der Waals surface area contributed by atoms with Gasteiger partial charge in [0, 0.05) is 51.0 Å². The second kappa shape index (κ2) is 11.8. The number of aromatic amines is 1. The van der Waals surface area contributed by atoms with Gasteiger partial charge in [0.1, 0.15) is 12.4 Å². The van der Waals surface area contributed by atoms with E-state index in [9.17, 15) is 4.79 Å². The molecule has 1 aromatic carbocycles. The molecular formula is C18H27Cl2N5O2. The SMILES string of the molecule is Cl.Cl.N[C@@H](Cc1cnc[nH]1)C(=O)N1CCN(CCOc2ccccc2)CC1. The zero-order valence-electron chi connectivity index (χ0n) is 15.1. The molecule has 0 aliphatic carbocycles. The summed E-state index contributed by atoms with van der Waals surface area (Å²) in [6.45, 7) is 4.62. The van der Waals surface area contributed by atoms with E-state index in [0.29, 0.717) is 26.1 Å². The number of benzene rings is 1. The highest BCUT2D eigenvalue weighted by atomic mass is 35.5. The van der Waals surface area contributed by atoms with E-state index in [0.717, 1.165) is 31.1 Å². The average molecular weight is 416 g/mol. The first-order chi connectivity index (χ1) is 12.2. The van der Waals surface area contributed by atoms with E-state index in [1.165, 1.54) is 0 Å². The number of imidazole rings is 1. The lowest BCUT2D eigenvalue weighted by Crippen LogP contribution is -2.54. The quantitative estimate of drug-likeness (QED) is 0.712. The number of ether oxygens (including phenoxy) is 1. The zero-order chi connectivity index (χ0) is 17.5. The van der Waals surface area contributed by atoms with Crippen LogP contribution in [0.5, 0.6) is 5.75 Å². The number of aromatic nitrogens is 2. The van der Waals surface area contributed by atoms with Crippen LogP contribution in [0.25, 0.3) is 0 Å². The van der Waals surface area contributed by atoms with Crippen molar-refractivity contribution in [2.75, 3.05) is 39.3 Å². The number of rotatable bonds is 7. The molecular weight excluding hydrogens is 389 g/mol. The summed E-state index contributed by atoms with van der Waals surface area (Å²) in [5.74, 6) is 0.899. The van der Waals surface area contributed by atoms with Crippen LogP contribution in [0.2, 0.25) is 0 Å². The number of amides is 1. The third kappa shape index (κ3) is 7.03. The summed E-state index contributed by atoms with van der Waals surface area (Å²) >= 11 is 0. The van der Waals surface area contributed by atoms with E-state index in [1.807, 2.05) is 35.2 Å². The zero-order valence-corrected chi connectivity index (χ0v) is 16.8. The van der Waals surface area contributed by atoms with Crippen molar-refractivity contribution in [3.8, 4) is 5.75 Å². The monoisotopic (exact) mass is 415 g/mol. The van der Waals surface area contributed by atoms with Gasteiger partial charge in [0.25, 0.3) is 0 Å². The lowest BCUT2D eigenvalue weighted by Gasteiger charge is -2.35. The molecule has 1 amide bonds. The summed E-state index contributed by atoms with van der Waals surface area (Å²) in [7, 11) is 0. The van der Waals surface area contributed by atoms with E-state index in [4.69, 9.17) is 10.5 Å². The van der Waals surface area contributed by atoms with Gasteiger partial charge in [-0.2, -0.15) is 0 Å². The first-order valence-corrected chi connectivity index (χ1v) is 8.64. The van der Waals surface area contributed by atoms with Crippen molar-refractivity contribution in [3.05, 3.63) is 48.5 Å². The Morgan fingerprint density at radius 3 is 2.52 bits per heavy atom. The minimum absolute atomic E-state index is 0. The van der Waals surface area contributed by atoms with Gasteiger partial charge in [0.15, 0.2) is 0 Å². The van der Waals surface area contributed by atoms with Crippen molar-refractivity contribution in [2.24, 2.45) is 5.73 Å². The number of hydrogen-bond donors (Lipinski definition) is 2. The topological polar surface area (TPSA) is 87.5 Å². The fraction of sp³-hybridized carbons (Fsp3) is 0.444. The maximum absolute atomic E-state index is 12.5. The molecule has 0 unspecified atom stereocenters.